The van der Waals surface area contributed by atoms with E-state index in [1.807, 2.05) is 11.0 Å². The Kier molecular flexibility index (Phi) is 6.13. The Morgan fingerprint density at radius 3 is 2.53 bits per heavy atom. The largest absolute Gasteiger partial charge is 0.343 e. The Morgan fingerprint density at radius 2 is 1.80 bits per heavy atom. The molecule has 3 aromatic rings. The number of aromatic nitrogens is 2. The molecule has 1 fully saturated rings. The lowest BCUT2D eigenvalue weighted by molar-refractivity contribution is -0.127. The van der Waals surface area contributed by atoms with Crippen LogP contribution in [0.4, 0.5) is 8.78 Å². The number of nitrogens with zero attached hydrogens (tertiary/aromatic N) is 3. The number of halogens is 2. The summed E-state index contributed by atoms with van der Waals surface area (Å²) < 4.78 is 28.6. The Morgan fingerprint density at radius 1 is 1.03 bits per heavy atom. The summed E-state index contributed by atoms with van der Waals surface area (Å²) >= 11 is 1.27. The fourth-order valence-corrected chi connectivity index (χ4v) is 4.61. The predicted molar refractivity (Wildman–Crippen MR) is 112 cm³/mol. The topological polar surface area (TPSA) is 55.2 Å². The molecule has 1 aliphatic heterocycles. The molecule has 2 heterocycles. The van der Waals surface area contributed by atoms with Crippen LogP contribution < -0.4 is 5.56 Å². The van der Waals surface area contributed by atoms with Gasteiger partial charge in [0.1, 0.15) is 11.6 Å². The summed E-state index contributed by atoms with van der Waals surface area (Å²) in [6.45, 7) is 1.77. The first-order chi connectivity index (χ1) is 14.5. The lowest BCUT2D eigenvalue weighted by Crippen LogP contribution is -2.29. The van der Waals surface area contributed by atoms with Crippen molar-refractivity contribution >= 4 is 28.6 Å². The number of benzene rings is 2. The van der Waals surface area contributed by atoms with E-state index in [1.54, 1.807) is 22.8 Å². The molecular weight excluding hydrogens is 408 g/mol. The van der Waals surface area contributed by atoms with E-state index >= 15 is 0 Å². The van der Waals surface area contributed by atoms with Gasteiger partial charge < -0.3 is 4.90 Å². The molecule has 0 spiro atoms. The van der Waals surface area contributed by atoms with Crippen molar-refractivity contribution in [1.29, 1.82) is 0 Å². The molecule has 4 rings (SSSR count). The smallest absolute Gasteiger partial charge is 0.262 e. The van der Waals surface area contributed by atoms with Crippen LogP contribution in [0.15, 0.2) is 52.4 Å². The molecular formula is C22H21F2N3O2S. The Labute approximate surface area is 176 Å². The van der Waals surface area contributed by atoms with E-state index < -0.39 is 11.6 Å². The molecule has 0 bridgehead atoms. The van der Waals surface area contributed by atoms with Gasteiger partial charge in [0, 0.05) is 37.9 Å². The van der Waals surface area contributed by atoms with Crippen molar-refractivity contribution in [3.05, 3.63) is 70.0 Å². The number of likely N-dealkylation sites (tertiary alicyclic amines) is 1. The minimum Gasteiger partial charge on any atom is -0.343 e. The standard InChI is InChI=1S/C22H21F2N3O2S/c23-16-11-15(12-17(24)13-16)14-30-22-25-19-6-2-1-5-18(19)21(29)27(22)10-4-9-26-8-3-7-20(26)28/h1-2,5-6,11-13H,3-4,7-10,14H2. The normalized spacial score (nSPS) is 14.1. The summed E-state index contributed by atoms with van der Waals surface area (Å²) in [7, 11) is 0. The van der Waals surface area contributed by atoms with E-state index in [0.29, 0.717) is 47.6 Å². The van der Waals surface area contributed by atoms with Gasteiger partial charge in [0.15, 0.2) is 5.16 Å². The number of thioether (sulfide) groups is 1. The van der Waals surface area contributed by atoms with Crippen molar-refractivity contribution in [2.24, 2.45) is 0 Å². The second-order valence-corrected chi connectivity index (χ2v) is 8.22. The van der Waals surface area contributed by atoms with E-state index in [-0.39, 0.29) is 17.2 Å². The molecule has 0 radical (unpaired) electrons. The van der Waals surface area contributed by atoms with Crippen molar-refractivity contribution in [3.8, 4) is 0 Å². The number of hydrogen-bond donors (Lipinski definition) is 0. The third-order valence-corrected chi connectivity index (χ3v) is 6.15. The summed E-state index contributed by atoms with van der Waals surface area (Å²) in [5.74, 6) is -0.833. The number of rotatable bonds is 7. The van der Waals surface area contributed by atoms with Crippen molar-refractivity contribution in [3.63, 3.8) is 0 Å². The second kappa shape index (κ2) is 8.95. The predicted octanol–water partition coefficient (Wildman–Crippen LogP) is 3.98. The maximum Gasteiger partial charge on any atom is 0.262 e. The molecule has 156 valence electrons. The first kappa shape index (κ1) is 20.5. The van der Waals surface area contributed by atoms with Gasteiger partial charge in [-0.25, -0.2) is 13.8 Å². The zero-order valence-electron chi connectivity index (χ0n) is 16.3. The summed E-state index contributed by atoms with van der Waals surface area (Å²) in [5.41, 5.74) is 0.914. The van der Waals surface area contributed by atoms with Crippen LogP contribution in [-0.4, -0.2) is 33.4 Å². The lowest BCUT2D eigenvalue weighted by Gasteiger charge is -2.17. The Balaban J connectivity index is 1.58. The number of hydrogen-bond acceptors (Lipinski definition) is 4. The summed E-state index contributed by atoms with van der Waals surface area (Å²) in [6.07, 6.45) is 2.10. The third kappa shape index (κ3) is 4.53. The van der Waals surface area contributed by atoms with Gasteiger partial charge in [0.05, 0.1) is 10.9 Å². The zero-order chi connectivity index (χ0) is 21.1. The van der Waals surface area contributed by atoms with Crippen molar-refractivity contribution in [2.45, 2.75) is 36.7 Å². The van der Waals surface area contributed by atoms with Crippen LogP contribution in [0, 0.1) is 11.6 Å². The fourth-order valence-electron chi connectivity index (χ4n) is 3.66. The van der Waals surface area contributed by atoms with Gasteiger partial charge in [-0.2, -0.15) is 0 Å². The minimum atomic E-state index is -0.634. The summed E-state index contributed by atoms with van der Waals surface area (Å²) in [4.78, 5) is 31.3. The maximum absolute atomic E-state index is 13.5. The molecule has 0 atom stereocenters. The number of fused-ring (bicyclic) bond motifs is 1. The summed E-state index contributed by atoms with van der Waals surface area (Å²) in [5, 5.41) is 1.02. The Bertz CT molecular complexity index is 1130. The zero-order valence-corrected chi connectivity index (χ0v) is 17.1. The van der Waals surface area contributed by atoms with E-state index in [2.05, 4.69) is 4.98 Å². The van der Waals surface area contributed by atoms with Crippen LogP contribution in [0.2, 0.25) is 0 Å². The van der Waals surface area contributed by atoms with Crippen LogP contribution in [0.25, 0.3) is 10.9 Å². The highest BCUT2D eigenvalue weighted by atomic mass is 32.2. The molecule has 5 nitrogen and oxygen atoms in total. The van der Waals surface area contributed by atoms with Crippen molar-refractivity contribution < 1.29 is 13.6 Å². The quantitative estimate of drug-likeness (QED) is 0.421. The highest BCUT2D eigenvalue weighted by molar-refractivity contribution is 7.98. The van der Waals surface area contributed by atoms with Gasteiger partial charge in [0.2, 0.25) is 5.91 Å². The van der Waals surface area contributed by atoms with Gasteiger partial charge in [-0.05, 0) is 42.7 Å². The lowest BCUT2D eigenvalue weighted by atomic mass is 10.2. The monoisotopic (exact) mass is 429 g/mol. The van der Waals surface area contributed by atoms with Gasteiger partial charge in [-0.3, -0.25) is 14.2 Å². The number of amides is 1. The van der Waals surface area contributed by atoms with Crippen LogP contribution >= 0.6 is 11.8 Å². The van der Waals surface area contributed by atoms with Crippen LogP contribution in [0.5, 0.6) is 0 Å². The molecule has 1 amide bonds. The van der Waals surface area contributed by atoms with Crippen LogP contribution in [0.1, 0.15) is 24.8 Å². The second-order valence-electron chi connectivity index (χ2n) is 7.27. The van der Waals surface area contributed by atoms with Gasteiger partial charge in [-0.15, -0.1) is 0 Å². The number of carbonyl (C=O) groups excluding carboxylic acids is 1. The fraction of sp³-hybridized carbons (Fsp3) is 0.318. The molecule has 1 aromatic heterocycles. The molecule has 0 N–H and O–H groups in total. The average Bonchev–Trinajstić information content (AvgIpc) is 3.12. The Hall–Kier alpha value is -2.74. The molecule has 0 unspecified atom stereocenters. The van der Waals surface area contributed by atoms with Crippen LogP contribution in [-0.2, 0) is 17.1 Å². The molecule has 8 heteroatoms. The van der Waals surface area contributed by atoms with E-state index in [9.17, 15) is 18.4 Å². The minimum absolute atomic E-state index is 0.152. The van der Waals surface area contributed by atoms with Crippen molar-refractivity contribution in [1.82, 2.24) is 14.5 Å². The molecule has 2 aromatic carbocycles. The number of carbonyl (C=O) groups is 1. The summed E-state index contributed by atoms with van der Waals surface area (Å²) in [6, 6.07) is 10.5. The molecule has 0 aliphatic carbocycles. The first-order valence-corrected chi connectivity index (χ1v) is 10.8. The van der Waals surface area contributed by atoms with Crippen LogP contribution in [0.3, 0.4) is 0 Å². The number of para-hydroxylation sites is 1. The van der Waals surface area contributed by atoms with Crippen molar-refractivity contribution in [2.75, 3.05) is 13.1 Å². The highest BCUT2D eigenvalue weighted by Gasteiger charge is 2.20. The molecule has 0 saturated carbocycles. The SMILES string of the molecule is O=C1CCCN1CCCn1c(SCc2cc(F)cc(F)c2)nc2ccccc2c1=O. The molecule has 30 heavy (non-hydrogen) atoms. The van der Waals surface area contributed by atoms with Gasteiger partial charge in [-0.1, -0.05) is 23.9 Å². The van der Waals surface area contributed by atoms with E-state index in [1.165, 1.54) is 23.9 Å². The van der Waals surface area contributed by atoms with Gasteiger partial charge >= 0.3 is 0 Å². The molecule has 1 aliphatic rings. The highest BCUT2D eigenvalue weighted by Crippen LogP contribution is 2.23. The maximum atomic E-state index is 13.5. The van der Waals surface area contributed by atoms with E-state index in [0.717, 1.165) is 19.0 Å². The van der Waals surface area contributed by atoms with Gasteiger partial charge in [0.25, 0.3) is 5.56 Å². The average molecular weight is 429 g/mol. The molecule has 1 saturated heterocycles. The first-order valence-electron chi connectivity index (χ1n) is 9.86. The third-order valence-electron chi connectivity index (χ3n) is 5.10. The van der Waals surface area contributed by atoms with E-state index in [4.69, 9.17) is 0 Å².